The zero-order valence-electron chi connectivity index (χ0n) is 14.8. The molecule has 5 nitrogen and oxygen atoms in total. The highest BCUT2D eigenvalue weighted by Crippen LogP contribution is 2.28. The minimum absolute atomic E-state index is 0.364. The molecule has 6 heteroatoms. The summed E-state index contributed by atoms with van der Waals surface area (Å²) >= 11 is 6.17. The Labute approximate surface area is 166 Å². The predicted octanol–water partition coefficient (Wildman–Crippen LogP) is 5.25. The van der Waals surface area contributed by atoms with Crippen LogP contribution in [0.25, 0.3) is 22.7 Å². The summed E-state index contributed by atoms with van der Waals surface area (Å²) in [5.41, 5.74) is 3.72. The number of nitrogens with zero attached hydrogens (tertiary/aromatic N) is 3. The van der Waals surface area contributed by atoms with Gasteiger partial charge in [0.15, 0.2) is 0 Å². The molecule has 2 heterocycles. The van der Waals surface area contributed by atoms with Crippen molar-refractivity contribution < 1.29 is 4.74 Å². The molecule has 0 bridgehead atoms. The molecule has 0 radical (unpaired) electrons. The van der Waals surface area contributed by atoms with Gasteiger partial charge in [0.05, 0.1) is 16.6 Å². The molecule has 2 aromatic heterocycles. The zero-order chi connectivity index (χ0) is 19.3. The molecule has 0 aliphatic carbocycles. The molecule has 0 aliphatic heterocycles. The largest absolute Gasteiger partial charge is 0.488 e. The van der Waals surface area contributed by atoms with Crippen LogP contribution in [0.1, 0.15) is 17.0 Å². The van der Waals surface area contributed by atoms with Crippen LogP contribution in [0.15, 0.2) is 67.0 Å². The highest BCUT2D eigenvalue weighted by atomic mass is 35.5. The predicted molar refractivity (Wildman–Crippen MR) is 110 cm³/mol. The van der Waals surface area contributed by atoms with Crippen molar-refractivity contribution in [2.24, 2.45) is 0 Å². The number of allylic oxidation sites excluding steroid dienone is 1. The van der Waals surface area contributed by atoms with E-state index in [1.54, 1.807) is 36.7 Å². The van der Waals surface area contributed by atoms with E-state index in [4.69, 9.17) is 16.3 Å². The summed E-state index contributed by atoms with van der Waals surface area (Å²) in [6.45, 7) is 0.364. The highest BCUT2D eigenvalue weighted by molar-refractivity contribution is 6.30. The maximum atomic E-state index is 9.67. The maximum Gasteiger partial charge on any atom is 0.149 e. The summed E-state index contributed by atoms with van der Waals surface area (Å²) < 4.78 is 5.94. The lowest BCUT2D eigenvalue weighted by Crippen LogP contribution is -1.97. The fourth-order valence-electron chi connectivity index (χ4n) is 2.80. The van der Waals surface area contributed by atoms with Gasteiger partial charge in [-0.05, 0) is 42.5 Å². The molecule has 1 N–H and O–H groups in total. The molecule has 0 atom stereocenters. The van der Waals surface area contributed by atoms with Gasteiger partial charge in [0.25, 0.3) is 0 Å². The number of H-pyrrole nitrogens is 1. The Balaban J connectivity index is 1.68. The molecular weight excluding hydrogens is 372 g/mol. The van der Waals surface area contributed by atoms with Crippen LogP contribution in [-0.4, -0.2) is 15.0 Å². The number of fused-ring (bicyclic) bond motifs is 1. The van der Waals surface area contributed by atoms with Crippen LogP contribution >= 0.6 is 11.6 Å². The van der Waals surface area contributed by atoms with Crippen LogP contribution in [-0.2, 0) is 6.61 Å². The first kappa shape index (κ1) is 17.8. The van der Waals surface area contributed by atoms with Gasteiger partial charge in [-0.15, -0.1) is 0 Å². The van der Waals surface area contributed by atoms with E-state index in [-0.39, 0.29) is 0 Å². The van der Waals surface area contributed by atoms with Gasteiger partial charge in [-0.1, -0.05) is 29.8 Å². The fraction of sp³-hybridized carbons (Fsp3) is 0.0455. The van der Waals surface area contributed by atoms with Crippen molar-refractivity contribution in [1.82, 2.24) is 15.0 Å². The van der Waals surface area contributed by atoms with Crippen molar-refractivity contribution in [1.29, 1.82) is 5.26 Å². The second kappa shape index (κ2) is 7.95. The van der Waals surface area contributed by atoms with Crippen LogP contribution in [0, 0.1) is 11.3 Å². The summed E-state index contributed by atoms with van der Waals surface area (Å²) in [6, 6.07) is 19.0. The van der Waals surface area contributed by atoms with Crippen molar-refractivity contribution in [2.75, 3.05) is 0 Å². The maximum absolute atomic E-state index is 9.67. The smallest absolute Gasteiger partial charge is 0.149 e. The van der Waals surface area contributed by atoms with Gasteiger partial charge in [-0.25, -0.2) is 4.98 Å². The minimum atomic E-state index is 0.364. The number of imidazole rings is 1. The number of pyridine rings is 1. The third-order valence-electron chi connectivity index (χ3n) is 4.15. The molecule has 0 amide bonds. The molecular formula is C22H15ClN4O. The Hall–Kier alpha value is -3.62. The first-order chi connectivity index (χ1) is 13.7. The van der Waals surface area contributed by atoms with Crippen molar-refractivity contribution in [2.45, 2.75) is 6.61 Å². The van der Waals surface area contributed by atoms with Gasteiger partial charge in [0.1, 0.15) is 24.3 Å². The number of hydrogen-bond donors (Lipinski definition) is 1. The molecule has 0 fully saturated rings. The molecule has 136 valence electrons. The quantitative estimate of drug-likeness (QED) is 0.475. The Bertz CT molecular complexity index is 1160. The molecule has 4 rings (SSSR count). The summed E-state index contributed by atoms with van der Waals surface area (Å²) in [5.74, 6) is 1.12. The Morgan fingerprint density at radius 1 is 1.18 bits per heavy atom. The second-order valence-corrected chi connectivity index (χ2v) is 6.54. The Kier molecular flexibility index (Phi) is 5.05. The standard InChI is InChI=1S/C22H15ClN4O/c23-18-7-8-21(28-14-15-4-3-9-25-13-15)16(11-18)10-17(12-24)22-26-19-5-1-2-6-20(19)27-22/h1-11,13H,14H2,(H,26,27)/b17-10+. The third kappa shape index (κ3) is 3.88. The molecule has 4 aromatic rings. The number of aromatic nitrogens is 3. The highest BCUT2D eigenvalue weighted by Gasteiger charge is 2.10. The number of nitrogens with one attached hydrogen (secondary N) is 1. The molecule has 0 saturated carbocycles. The third-order valence-corrected chi connectivity index (χ3v) is 4.39. The first-order valence-electron chi connectivity index (χ1n) is 8.61. The molecule has 0 spiro atoms. The number of ether oxygens (including phenoxy) is 1. The van der Waals surface area contributed by atoms with Gasteiger partial charge in [0.2, 0.25) is 0 Å². The summed E-state index contributed by atoms with van der Waals surface area (Å²) in [7, 11) is 0. The van der Waals surface area contributed by atoms with Crippen LogP contribution in [0.3, 0.4) is 0 Å². The number of rotatable bonds is 5. The lowest BCUT2D eigenvalue weighted by atomic mass is 10.1. The molecule has 0 aliphatic rings. The number of hydrogen-bond acceptors (Lipinski definition) is 4. The van der Waals surface area contributed by atoms with Gasteiger partial charge in [-0.2, -0.15) is 5.26 Å². The summed E-state index contributed by atoms with van der Waals surface area (Å²) in [4.78, 5) is 11.8. The molecule has 2 aromatic carbocycles. The number of nitriles is 1. The van der Waals surface area contributed by atoms with Crippen molar-refractivity contribution in [3.05, 3.63) is 89.0 Å². The van der Waals surface area contributed by atoms with Gasteiger partial charge in [-0.3, -0.25) is 4.98 Å². The summed E-state index contributed by atoms with van der Waals surface area (Å²) in [5, 5.41) is 10.2. The van der Waals surface area contributed by atoms with E-state index in [9.17, 15) is 5.26 Å². The van der Waals surface area contributed by atoms with E-state index < -0.39 is 0 Å². The van der Waals surface area contributed by atoms with Crippen molar-refractivity contribution >= 4 is 34.3 Å². The monoisotopic (exact) mass is 386 g/mol. The molecule has 0 unspecified atom stereocenters. The lowest BCUT2D eigenvalue weighted by molar-refractivity contribution is 0.305. The number of halogens is 1. The minimum Gasteiger partial charge on any atom is -0.488 e. The molecule has 0 saturated heterocycles. The van der Waals surface area contributed by atoms with Crippen LogP contribution in [0.4, 0.5) is 0 Å². The fourth-order valence-corrected chi connectivity index (χ4v) is 2.98. The van der Waals surface area contributed by atoms with E-state index in [2.05, 4.69) is 21.0 Å². The zero-order valence-corrected chi connectivity index (χ0v) is 15.5. The average molecular weight is 387 g/mol. The Morgan fingerprint density at radius 2 is 2.07 bits per heavy atom. The Morgan fingerprint density at radius 3 is 2.86 bits per heavy atom. The number of aromatic amines is 1. The van der Waals surface area contributed by atoms with Crippen molar-refractivity contribution in [3.8, 4) is 11.8 Å². The number of para-hydroxylation sites is 2. The number of benzene rings is 2. The molecule has 28 heavy (non-hydrogen) atoms. The van der Waals surface area contributed by atoms with E-state index in [1.807, 2.05) is 36.4 Å². The van der Waals surface area contributed by atoms with E-state index in [0.29, 0.717) is 34.3 Å². The van der Waals surface area contributed by atoms with E-state index in [0.717, 1.165) is 16.6 Å². The van der Waals surface area contributed by atoms with Crippen LogP contribution in [0.5, 0.6) is 5.75 Å². The van der Waals surface area contributed by atoms with Gasteiger partial charge in [0, 0.05) is 28.5 Å². The lowest BCUT2D eigenvalue weighted by Gasteiger charge is -2.10. The van der Waals surface area contributed by atoms with Crippen molar-refractivity contribution in [3.63, 3.8) is 0 Å². The van der Waals surface area contributed by atoms with Gasteiger partial charge >= 0.3 is 0 Å². The van der Waals surface area contributed by atoms with Gasteiger partial charge < -0.3 is 9.72 Å². The van der Waals surface area contributed by atoms with E-state index >= 15 is 0 Å². The van der Waals surface area contributed by atoms with Crippen LogP contribution < -0.4 is 4.74 Å². The normalized spacial score (nSPS) is 11.4. The second-order valence-electron chi connectivity index (χ2n) is 6.10. The average Bonchev–Trinajstić information content (AvgIpc) is 3.16. The van der Waals surface area contributed by atoms with E-state index in [1.165, 1.54) is 0 Å². The SMILES string of the molecule is N#C/C(=C\c1cc(Cl)ccc1OCc1cccnc1)c1nc2ccccc2[nH]1. The first-order valence-corrected chi connectivity index (χ1v) is 8.99. The summed E-state index contributed by atoms with van der Waals surface area (Å²) in [6.07, 6.45) is 5.19. The van der Waals surface area contributed by atoms with Crippen LogP contribution in [0.2, 0.25) is 5.02 Å². The topological polar surface area (TPSA) is 74.6 Å².